The van der Waals surface area contributed by atoms with Gasteiger partial charge in [-0.05, 0) is 34.9 Å². The van der Waals surface area contributed by atoms with Crippen LogP contribution in [0.3, 0.4) is 0 Å². The summed E-state index contributed by atoms with van der Waals surface area (Å²) >= 11 is 18.5. The monoisotopic (exact) mass is 639 g/mol. The maximum atomic E-state index is 14.1. The zero-order valence-corrected chi connectivity index (χ0v) is 25.8. The highest BCUT2D eigenvalue weighted by atomic mass is 35.5. The number of fused-ring (bicyclic) bond motifs is 1. The van der Waals surface area contributed by atoms with Gasteiger partial charge in [0.25, 0.3) is 5.91 Å². The molecule has 0 saturated carbocycles. The summed E-state index contributed by atoms with van der Waals surface area (Å²) in [6, 6.07) is 19.9. The smallest absolute Gasteiger partial charge is 0.252 e. The number of halogens is 3. The van der Waals surface area contributed by atoms with Crippen LogP contribution in [0.1, 0.15) is 29.7 Å². The molecule has 1 aliphatic rings. The molecule has 2 heterocycles. The van der Waals surface area contributed by atoms with E-state index in [1.165, 1.54) is 6.92 Å². The lowest BCUT2D eigenvalue weighted by atomic mass is 10.0. The summed E-state index contributed by atoms with van der Waals surface area (Å²) in [5.41, 5.74) is 3.40. The van der Waals surface area contributed by atoms with Crippen LogP contribution in [0.4, 0.5) is 0 Å². The third kappa shape index (κ3) is 7.40. The van der Waals surface area contributed by atoms with Crippen molar-refractivity contribution in [2.24, 2.45) is 0 Å². The number of piperazine rings is 1. The first-order valence-electron chi connectivity index (χ1n) is 14.0. The number of para-hydroxylation sites is 1. The van der Waals surface area contributed by atoms with Crippen molar-refractivity contribution in [2.45, 2.75) is 32.0 Å². The number of nitrogens with one attached hydrogen (secondary N) is 3. The van der Waals surface area contributed by atoms with E-state index >= 15 is 0 Å². The highest BCUT2D eigenvalue weighted by molar-refractivity contribution is 6.48. The molecular formula is C32H32Cl3N5O3. The first kappa shape index (κ1) is 31.0. The minimum Gasteiger partial charge on any atom is -0.361 e. The molecule has 43 heavy (non-hydrogen) atoms. The predicted molar refractivity (Wildman–Crippen MR) is 170 cm³/mol. The number of carbonyl (C=O) groups excluding carboxylic acids is 3. The maximum Gasteiger partial charge on any atom is 0.252 e. The normalized spacial score (nSPS) is 16.1. The van der Waals surface area contributed by atoms with Crippen LogP contribution in [0.25, 0.3) is 10.9 Å². The molecule has 0 radical (unpaired) electrons. The molecule has 3 N–H and O–H groups in total. The standard InChI is InChI=1S/C32H32Cl3N5O3/c1-20(41)40(18-21-13-25(33)31(35)26(34)14-21)32(43)28(15-23-16-37-27-10-6-5-9-24(23)27)38-30(42)19-39-12-11-36-17-29(39)22-7-3-2-4-8-22/h2-10,13-14,16,28-29,36-37H,11-12,15,17-19H2,1H3,(H,38,42). The number of benzene rings is 3. The molecule has 0 spiro atoms. The number of imide groups is 1. The van der Waals surface area contributed by atoms with Crippen molar-refractivity contribution in [3.8, 4) is 0 Å². The third-order valence-electron chi connectivity index (χ3n) is 7.65. The number of hydrogen-bond donors (Lipinski definition) is 3. The van der Waals surface area contributed by atoms with Crippen LogP contribution in [-0.2, 0) is 27.3 Å². The lowest BCUT2D eigenvalue weighted by molar-refractivity contribution is -0.147. The lowest BCUT2D eigenvalue weighted by Gasteiger charge is -2.36. The van der Waals surface area contributed by atoms with Gasteiger partial charge in [-0.2, -0.15) is 0 Å². The van der Waals surface area contributed by atoms with Gasteiger partial charge in [-0.3, -0.25) is 24.2 Å². The fourth-order valence-corrected chi connectivity index (χ4v) is 6.14. The largest absolute Gasteiger partial charge is 0.361 e. The van der Waals surface area contributed by atoms with E-state index in [1.54, 1.807) is 12.1 Å². The van der Waals surface area contributed by atoms with Gasteiger partial charge in [0, 0.05) is 56.1 Å². The van der Waals surface area contributed by atoms with Crippen molar-refractivity contribution in [2.75, 3.05) is 26.2 Å². The van der Waals surface area contributed by atoms with Crippen LogP contribution in [-0.4, -0.2) is 64.7 Å². The number of H-pyrrole nitrogens is 1. The van der Waals surface area contributed by atoms with Gasteiger partial charge in [0.1, 0.15) is 6.04 Å². The van der Waals surface area contributed by atoms with Crippen LogP contribution in [0.15, 0.2) is 72.9 Å². The molecule has 1 aromatic heterocycles. The Kier molecular flexibility index (Phi) is 10.1. The van der Waals surface area contributed by atoms with Gasteiger partial charge in [-0.1, -0.05) is 83.3 Å². The lowest BCUT2D eigenvalue weighted by Crippen LogP contribution is -2.54. The van der Waals surface area contributed by atoms with Gasteiger partial charge < -0.3 is 15.6 Å². The molecule has 11 heteroatoms. The highest BCUT2D eigenvalue weighted by Crippen LogP contribution is 2.32. The number of nitrogens with zero attached hydrogens (tertiary/aromatic N) is 2. The van der Waals surface area contributed by atoms with E-state index in [-0.39, 0.29) is 46.5 Å². The molecule has 2 unspecified atom stereocenters. The molecule has 1 fully saturated rings. The Balaban J connectivity index is 1.40. The second-order valence-corrected chi connectivity index (χ2v) is 11.8. The molecule has 8 nitrogen and oxygen atoms in total. The molecule has 1 saturated heterocycles. The molecule has 224 valence electrons. The molecule has 0 aliphatic carbocycles. The minimum absolute atomic E-state index is 0.0107. The van der Waals surface area contributed by atoms with E-state index in [0.717, 1.165) is 33.5 Å². The SMILES string of the molecule is CC(=O)N(Cc1cc(Cl)c(Cl)c(Cl)c1)C(=O)C(Cc1c[nH]c2ccccc12)NC(=O)CN1CCNCC1c1ccccc1. The molecule has 1 aliphatic heterocycles. The molecule has 5 rings (SSSR count). The van der Waals surface area contributed by atoms with Crippen LogP contribution < -0.4 is 10.6 Å². The van der Waals surface area contributed by atoms with Crippen LogP contribution in [0, 0.1) is 0 Å². The fraction of sp³-hybridized carbons (Fsp3) is 0.281. The zero-order valence-electron chi connectivity index (χ0n) is 23.6. The summed E-state index contributed by atoms with van der Waals surface area (Å²) in [5, 5.41) is 7.92. The van der Waals surface area contributed by atoms with E-state index < -0.39 is 17.9 Å². The van der Waals surface area contributed by atoms with Crippen molar-refractivity contribution >= 4 is 63.4 Å². The van der Waals surface area contributed by atoms with Crippen LogP contribution in [0.2, 0.25) is 15.1 Å². The van der Waals surface area contributed by atoms with Gasteiger partial charge >= 0.3 is 0 Å². The highest BCUT2D eigenvalue weighted by Gasteiger charge is 2.32. The van der Waals surface area contributed by atoms with E-state index in [9.17, 15) is 14.4 Å². The zero-order chi connectivity index (χ0) is 30.5. The second-order valence-electron chi connectivity index (χ2n) is 10.6. The van der Waals surface area contributed by atoms with Crippen LogP contribution >= 0.6 is 34.8 Å². The third-order valence-corrected chi connectivity index (χ3v) is 8.84. The van der Waals surface area contributed by atoms with E-state index in [2.05, 4.69) is 20.5 Å². The summed E-state index contributed by atoms with van der Waals surface area (Å²) in [7, 11) is 0. The summed E-state index contributed by atoms with van der Waals surface area (Å²) in [6.07, 6.45) is 2.01. The number of amides is 3. The fourth-order valence-electron chi connectivity index (χ4n) is 5.50. The Hall–Kier alpha value is -3.40. The molecule has 3 aromatic carbocycles. The number of carbonyl (C=O) groups is 3. The first-order chi connectivity index (χ1) is 20.7. The number of hydrogen-bond acceptors (Lipinski definition) is 5. The first-order valence-corrected chi connectivity index (χ1v) is 15.1. The van der Waals surface area contributed by atoms with Crippen molar-refractivity contribution in [3.05, 3.63) is 105 Å². The van der Waals surface area contributed by atoms with Crippen LogP contribution in [0.5, 0.6) is 0 Å². The van der Waals surface area contributed by atoms with E-state index in [1.807, 2.05) is 60.8 Å². The topological polar surface area (TPSA) is 97.5 Å². The van der Waals surface area contributed by atoms with Crippen molar-refractivity contribution in [1.29, 1.82) is 0 Å². The van der Waals surface area contributed by atoms with E-state index in [4.69, 9.17) is 34.8 Å². The Bertz CT molecular complexity index is 1600. The van der Waals surface area contributed by atoms with Gasteiger partial charge in [0.05, 0.1) is 28.2 Å². The summed E-state index contributed by atoms with van der Waals surface area (Å²) < 4.78 is 0. The van der Waals surface area contributed by atoms with E-state index in [0.29, 0.717) is 18.7 Å². The molecule has 4 aromatic rings. The van der Waals surface area contributed by atoms with Gasteiger partial charge in [0.15, 0.2) is 0 Å². The maximum absolute atomic E-state index is 14.1. The predicted octanol–water partition coefficient (Wildman–Crippen LogP) is 5.38. The summed E-state index contributed by atoms with van der Waals surface area (Å²) in [4.78, 5) is 46.9. The minimum atomic E-state index is -1.01. The average Bonchev–Trinajstić information content (AvgIpc) is 3.41. The van der Waals surface area contributed by atoms with Crippen molar-refractivity contribution in [1.82, 2.24) is 25.4 Å². The quantitative estimate of drug-likeness (QED) is 0.214. The Morgan fingerprint density at radius 2 is 1.72 bits per heavy atom. The molecule has 2 atom stereocenters. The van der Waals surface area contributed by atoms with Gasteiger partial charge in [0.2, 0.25) is 11.8 Å². The average molecular weight is 641 g/mol. The second kappa shape index (κ2) is 13.9. The van der Waals surface area contributed by atoms with Gasteiger partial charge in [-0.15, -0.1) is 0 Å². The molecular weight excluding hydrogens is 609 g/mol. The summed E-state index contributed by atoms with van der Waals surface area (Å²) in [5.74, 6) is -1.31. The summed E-state index contributed by atoms with van der Waals surface area (Å²) in [6.45, 7) is 3.46. The Labute approximate surface area is 265 Å². The van der Waals surface area contributed by atoms with Gasteiger partial charge in [-0.25, -0.2) is 0 Å². The Morgan fingerprint density at radius 1 is 1.02 bits per heavy atom. The molecule has 3 amide bonds. The number of rotatable bonds is 9. The number of aromatic amines is 1. The number of aromatic nitrogens is 1. The molecule has 0 bridgehead atoms. The van der Waals surface area contributed by atoms with Crippen molar-refractivity contribution < 1.29 is 14.4 Å². The Morgan fingerprint density at radius 3 is 2.44 bits per heavy atom. The van der Waals surface area contributed by atoms with Crippen molar-refractivity contribution in [3.63, 3.8) is 0 Å².